The maximum absolute atomic E-state index is 13.3. The van der Waals surface area contributed by atoms with Gasteiger partial charge in [-0.2, -0.15) is 0 Å². The van der Waals surface area contributed by atoms with Gasteiger partial charge in [0.25, 0.3) is 0 Å². The van der Waals surface area contributed by atoms with Crippen LogP contribution < -0.4 is 10.6 Å². The Morgan fingerprint density at radius 2 is 1.80 bits per heavy atom. The zero-order valence-corrected chi connectivity index (χ0v) is 12.3. The van der Waals surface area contributed by atoms with Gasteiger partial charge in [0.05, 0.1) is 6.54 Å². The second-order valence-corrected chi connectivity index (χ2v) is 5.46. The Labute approximate surface area is 118 Å². The van der Waals surface area contributed by atoms with Gasteiger partial charge in [-0.1, -0.05) is 6.07 Å². The topological polar surface area (TPSA) is 44.4 Å². The van der Waals surface area contributed by atoms with Crippen LogP contribution >= 0.6 is 0 Å². The van der Waals surface area contributed by atoms with E-state index in [1.165, 1.54) is 6.07 Å². The van der Waals surface area contributed by atoms with Gasteiger partial charge in [-0.3, -0.25) is 4.79 Å². The molecule has 1 aromatic carbocycles. The Morgan fingerprint density at radius 3 is 2.30 bits per heavy atom. The van der Waals surface area contributed by atoms with Gasteiger partial charge >= 0.3 is 0 Å². The minimum Gasteiger partial charge on any atom is -0.320 e. The lowest BCUT2D eigenvalue weighted by molar-refractivity contribution is -0.115. The second kappa shape index (κ2) is 6.76. The Morgan fingerprint density at radius 1 is 1.25 bits per heavy atom. The highest BCUT2D eigenvalue weighted by Crippen LogP contribution is 2.17. The molecule has 0 heterocycles. The summed E-state index contributed by atoms with van der Waals surface area (Å²) in [7, 11) is 3.88. The molecule has 112 valence electrons. The summed E-state index contributed by atoms with van der Waals surface area (Å²) in [4.78, 5) is 13.7. The number of nitrogens with one attached hydrogen (secondary N) is 2. The maximum Gasteiger partial charge on any atom is 0.238 e. The van der Waals surface area contributed by atoms with Crippen LogP contribution in [0.2, 0.25) is 0 Å². The number of anilines is 1. The van der Waals surface area contributed by atoms with Gasteiger partial charge in [-0.15, -0.1) is 0 Å². The van der Waals surface area contributed by atoms with Gasteiger partial charge in [-0.05, 0) is 40.1 Å². The minimum atomic E-state index is -0.785. The molecular formula is C14H21F2N3O. The third-order valence-corrected chi connectivity index (χ3v) is 3.28. The summed E-state index contributed by atoms with van der Waals surface area (Å²) in [5, 5.41) is 5.20. The Balaban J connectivity index is 2.49. The predicted octanol–water partition coefficient (Wildman–Crippen LogP) is 1.83. The molecule has 0 unspecified atom stereocenters. The van der Waals surface area contributed by atoms with Crippen molar-refractivity contribution in [2.45, 2.75) is 19.4 Å². The van der Waals surface area contributed by atoms with Crippen LogP contribution in [0.4, 0.5) is 14.5 Å². The number of likely N-dealkylation sites (N-methyl/N-ethyl adjacent to an activating group) is 1. The van der Waals surface area contributed by atoms with Crippen LogP contribution in [0.1, 0.15) is 13.8 Å². The number of rotatable bonds is 6. The first-order valence-electron chi connectivity index (χ1n) is 6.36. The first-order chi connectivity index (χ1) is 9.24. The van der Waals surface area contributed by atoms with Crippen molar-refractivity contribution in [3.05, 3.63) is 29.8 Å². The molecule has 6 heteroatoms. The Kier molecular flexibility index (Phi) is 5.59. The molecule has 0 saturated carbocycles. The van der Waals surface area contributed by atoms with E-state index < -0.39 is 23.2 Å². The largest absolute Gasteiger partial charge is 0.320 e. The molecule has 1 aromatic rings. The molecule has 0 fully saturated rings. The molecule has 2 N–H and O–H groups in total. The molecule has 1 amide bonds. The maximum atomic E-state index is 13.3. The molecule has 0 aliphatic heterocycles. The number of carbonyl (C=O) groups excluding carboxylic acids is 1. The Bertz CT molecular complexity index is 455. The van der Waals surface area contributed by atoms with Crippen LogP contribution in [-0.4, -0.2) is 43.5 Å². The Hall–Kier alpha value is -1.53. The highest BCUT2D eigenvalue weighted by Gasteiger charge is 2.20. The second-order valence-electron chi connectivity index (χ2n) is 5.46. The molecular weight excluding hydrogens is 264 g/mol. The molecule has 0 aromatic heterocycles. The van der Waals surface area contributed by atoms with Crippen LogP contribution in [0.15, 0.2) is 18.2 Å². The molecule has 4 nitrogen and oxygen atoms in total. The highest BCUT2D eigenvalue weighted by molar-refractivity contribution is 5.92. The average molecular weight is 285 g/mol. The molecule has 20 heavy (non-hydrogen) atoms. The first-order valence-corrected chi connectivity index (χ1v) is 6.36. The number of halogens is 2. The van der Waals surface area contributed by atoms with E-state index in [1.54, 1.807) is 0 Å². The lowest BCUT2D eigenvalue weighted by atomic mass is 10.0. The smallest absolute Gasteiger partial charge is 0.238 e. The molecule has 0 radical (unpaired) electrons. The summed E-state index contributed by atoms with van der Waals surface area (Å²) in [6.45, 7) is 4.61. The highest BCUT2D eigenvalue weighted by atomic mass is 19.1. The number of nitrogens with zero attached hydrogens (tertiary/aromatic N) is 1. The third kappa shape index (κ3) is 4.54. The quantitative estimate of drug-likeness (QED) is 0.838. The summed E-state index contributed by atoms with van der Waals surface area (Å²) >= 11 is 0. The number of hydrogen-bond donors (Lipinski definition) is 2. The van der Waals surface area contributed by atoms with Crippen LogP contribution in [-0.2, 0) is 4.79 Å². The van der Waals surface area contributed by atoms with Crippen LogP contribution in [0, 0.1) is 11.6 Å². The van der Waals surface area contributed by atoms with Crippen LogP contribution in [0.3, 0.4) is 0 Å². The number of para-hydroxylation sites is 1. The minimum absolute atomic E-state index is 0.00888. The van der Waals surface area contributed by atoms with Gasteiger partial charge in [0.2, 0.25) is 5.91 Å². The van der Waals surface area contributed by atoms with Crippen molar-refractivity contribution < 1.29 is 13.6 Å². The van der Waals surface area contributed by atoms with Crippen molar-refractivity contribution >= 4 is 11.6 Å². The monoisotopic (exact) mass is 285 g/mol. The van der Waals surface area contributed by atoms with Crippen molar-refractivity contribution in [2.75, 3.05) is 32.5 Å². The zero-order chi connectivity index (χ0) is 15.3. The lowest BCUT2D eigenvalue weighted by Gasteiger charge is -2.32. The normalized spacial score (nSPS) is 11.8. The fraction of sp³-hybridized carbons (Fsp3) is 0.500. The SMILES string of the molecule is CN(C)C(C)(C)CNCC(=O)Nc1c(F)cccc1F. The van der Waals surface area contributed by atoms with Crippen molar-refractivity contribution in [3.63, 3.8) is 0 Å². The van der Waals surface area contributed by atoms with Crippen molar-refractivity contribution in [3.8, 4) is 0 Å². The van der Waals surface area contributed by atoms with E-state index in [2.05, 4.69) is 10.6 Å². The van der Waals surface area contributed by atoms with Crippen LogP contribution in [0.25, 0.3) is 0 Å². The summed E-state index contributed by atoms with van der Waals surface area (Å²) in [6, 6.07) is 3.45. The summed E-state index contributed by atoms with van der Waals surface area (Å²) in [5.74, 6) is -2.05. The van der Waals surface area contributed by atoms with E-state index in [1.807, 2.05) is 32.8 Å². The van der Waals surface area contributed by atoms with E-state index in [-0.39, 0.29) is 12.1 Å². The predicted molar refractivity (Wildman–Crippen MR) is 75.6 cm³/mol. The number of carbonyl (C=O) groups is 1. The van der Waals surface area contributed by atoms with Gasteiger partial charge in [0.15, 0.2) is 0 Å². The summed E-state index contributed by atoms with van der Waals surface area (Å²) in [5.41, 5.74) is -0.532. The van der Waals surface area contributed by atoms with Crippen molar-refractivity contribution in [1.29, 1.82) is 0 Å². The van der Waals surface area contributed by atoms with Gasteiger partial charge in [-0.25, -0.2) is 8.78 Å². The number of benzene rings is 1. The fourth-order valence-corrected chi connectivity index (χ4v) is 1.44. The molecule has 0 aliphatic rings. The molecule has 1 rings (SSSR count). The van der Waals surface area contributed by atoms with Gasteiger partial charge < -0.3 is 15.5 Å². The van der Waals surface area contributed by atoms with E-state index in [4.69, 9.17) is 0 Å². The number of amides is 1. The average Bonchev–Trinajstić information content (AvgIpc) is 2.33. The summed E-state index contributed by atoms with van der Waals surface area (Å²) < 4.78 is 26.7. The van der Waals surface area contributed by atoms with Crippen LogP contribution in [0.5, 0.6) is 0 Å². The van der Waals surface area contributed by atoms with Crippen molar-refractivity contribution in [1.82, 2.24) is 10.2 Å². The zero-order valence-electron chi connectivity index (χ0n) is 12.3. The first kappa shape index (κ1) is 16.5. The lowest BCUT2D eigenvalue weighted by Crippen LogP contribution is -2.48. The standard InChI is InChI=1S/C14H21F2N3O/c1-14(2,19(3)4)9-17-8-12(20)18-13-10(15)6-5-7-11(13)16/h5-7,17H,8-9H2,1-4H3,(H,18,20). The number of hydrogen-bond acceptors (Lipinski definition) is 3. The van der Waals surface area contributed by atoms with Gasteiger partial charge in [0, 0.05) is 12.1 Å². The van der Waals surface area contributed by atoms with E-state index >= 15 is 0 Å². The van der Waals surface area contributed by atoms with E-state index in [0.29, 0.717) is 6.54 Å². The molecule has 0 spiro atoms. The molecule has 0 atom stereocenters. The molecule has 0 bridgehead atoms. The summed E-state index contributed by atoms with van der Waals surface area (Å²) in [6.07, 6.45) is 0. The fourth-order valence-electron chi connectivity index (χ4n) is 1.44. The van der Waals surface area contributed by atoms with E-state index in [0.717, 1.165) is 12.1 Å². The molecule has 0 saturated heterocycles. The van der Waals surface area contributed by atoms with E-state index in [9.17, 15) is 13.6 Å². The molecule has 0 aliphatic carbocycles. The van der Waals surface area contributed by atoms with Crippen molar-refractivity contribution in [2.24, 2.45) is 0 Å². The third-order valence-electron chi connectivity index (χ3n) is 3.28. The van der Waals surface area contributed by atoms with Gasteiger partial charge in [0.1, 0.15) is 17.3 Å².